The highest BCUT2D eigenvalue weighted by Crippen LogP contribution is 2.25. The Kier molecular flexibility index (Phi) is 3.55. The van der Waals surface area contributed by atoms with Gasteiger partial charge in [0, 0.05) is 32.0 Å². The van der Waals surface area contributed by atoms with Crippen molar-refractivity contribution < 1.29 is 18.0 Å². The molecule has 2 heterocycles. The molecule has 1 unspecified atom stereocenters. The molecule has 1 aliphatic heterocycles. The van der Waals surface area contributed by atoms with Gasteiger partial charge in [0.1, 0.15) is 12.6 Å². The van der Waals surface area contributed by atoms with Crippen molar-refractivity contribution in [3.8, 4) is 0 Å². The molecule has 1 amide bonds. The molecule has 1 fully saturated rings. The van der Waals surface area contributed by atoms with E-state index in [0.29, 0.717) is 6.54 Å². The van der Waals surface area contributed by atoms with Gasteiger partial charge >= 0.3 is 6.18 Å². The van der Waals surface area contributed by atoms with Gasteiger partial charge in [-0.1, -0.05) is 0 Å². The molecule has 1 N–H and O–H groups in total. The lowest BCUT2D eigenvalue weighted by atomic mass is 10.2. The van der Waals surface area contributed by atoms with Crippen molar-refractivity contribution in [2.24, 2.45) is 0 Å². The fraction of sp³-hybridized carbons (Fsp3) is 0.600. The summed E-state index contributed by atoms with van der Waals surface area (Å²) >= 11 is 0. The fourth-order valence-corrected chi connectivity index (χ4v) is 1.92. The number of halogens is 3. The van der Waals surface area contributed by atoms with E-state index in [9.17, 15) is 18.0 Å². The van der Waals surface area contributed by atoms with E-state index in [1.807, 2.05) is 0 Å². The first kappa shape index (κ1) is 12.9. The van der Waals surface area contributed by atoms with Crippen LogP contribution in [0.15, 0.2) is 18.5 Å². The van der Waals surface area contributed by atoms with Crippen molar-refractivity contribution in [2.75, 3.05) is 19.6 Å². The third-order valence-corrected chi connectivity index (χ3v) is 2.80. The zero-order valence-electron chi connectivity index (χ0n) is 9.52. The number of amides is 1. The lowest BCUT2D eigenvalue weighted by Crippen LogP contribution is -2.60. The van der Waals surface area contributed by atoms with Crippen LogP contribution in [-0.2, 0) is 11.3 Å². The molecule has 1 aromatic rings. The summed E-state index contributed by atoms with van der Waals surface area (Å²) in [6.45, 7) is 0.00956. The first-order valence-electron chi connectivity index (χ1n) is 5.53. The number of nitrogens with zero attached hydrogens (tertiary/aromatic N) is 3. The molecule has 8 heteroatoms. The molecular formula is C10H13F3N4O. The van der Waals surface area contributed by atoms with Crippen LogP contribution in [0, 0.1) is 0 Å². The summed E-state index contributed by atoms with van der Waals surface area (Å²) in [5, 5.41) is 6.46. The van der Waals surface area contributed by atoms with Gasteiger partial charge in [-0.15, -0.1) is 0 Å². The monoisotopic (exact) mass is 262 g/mol. The van der Waals surface area contributed by atoms with Crippen molar-refractivity contribution in [3.63, 3.8) is 0 Å². The number of nitrogens with one attached hydrogen (secondary N) is 1. The van der Waals surface area contributed by atoms with E-state index in [1.54, 1.807) is 12.3 Å². The minimum absolute atomic E-state index is 0.0598. The predicted octanol–water partition coefficient (Wildman–Crippen LogP) is 0.246. The zero-order valence-corrected chi connectivity index (χ0v) is 9.52. The molecule has 1 saturated heterocycles. The van der Waals surface area contributed by atoms with Crippen LogP contribution in [0.2, 0.25) is 0 Å². The van der Waals surface area contributed by atoms with Crippen molar-refractivity contribution in [1.82, 2.24) is 20.0 Å². The SMILES string of the molecule is O=C(Cn1cccn1)N1CCNCC1C(F)(F)F. The second-order valence-corrected chi connectivity index (χ2v) is 4.05. The molecule has 0 spiro atoms. The van der Waals surface area contributed by atoms with E-state index in [4.69, 9.17) is 0 Å². The molecule has 1 aromatic heterocycles. The van der Waals surface area contributed by atoms with Gasteiger partial charge in [-0.2, -0.15) is 18.3 Å². The number of hydrogen-bond acceptors (Lipinski definition) is 3. The second kappa shape index (κ2) is 4.97. The molecule has 100 valence electrons. The Morgan fingerprint density at radius 3 is 2.89 bits per heavy atom. The lowest BCUT2D eigenvalue weighted by molar-refractivity contribution is -0.192. The summed E-state index contributed by atoms with van der Waals surface area (Å²) in [4.78, 5) is 12.7. The van der Waals surface area contributed by atoms with Crippen molar-refractivity contribution in [1.29, 1.82) is 0 Å². The molecule has 0 radical (unpaired) electrons. The average molecular weight is 262 g/mol. The van der Waals surface area contributed by atoms with Gasteiger partial charge < -0.3 is 10.2 Å². The number of carbonyl (C=O) groups excluding carboxylic acids is 1. The van der Waals surface area contributed by atoms with Gasteiger partial charge in [0.25, 0.3) is 0 Å². The molecule has 2 rings (SSSR count). The number of piperazine rings is 1. The van der Waals surface area contributed by atoms with Crippen molar-refractivity contribution in [3.05, 3.63) is 18.5 Å². The lowest BCUT2D eigenvalue weighted by Gasteiger charge is -2.37. The Morgan fingerprint density at radius 2 is 2.28 bits per heavy atom. The number of aromatic nitrogens is 2. The number of alkyl halides is 3. The molecule has 1 aliphatic rings. The van der Waals surface area contributed by atoms with Gasteiger partial charge in [0.15, 0.2) is 0 Å². The van der Waals surface area contributed by atoms with Gasteiger partial charge in [-0.25, -0.2) is 0 Å². The van der Waals surface area contributed by atoms with E-state index in [1.165, 1.54) is 10.9 Å². The van der Waals surface area contributed by atoms with Gasteiger partial charge in [0.2, 0.25) is 5.91 Å². The molecule has 5 nitrogen and oxygen atoms in total. The Bertz CT molecular complexity index is 404. The summed E-state index contributed by atoms with van der Waals surface area (Å²) in [7, 11) is 0. The Morgan fingerprint density at radius 1 is 1.50 bits per heavy atom. The summed E-state index contributed by atoms with van der Waals surface area (Å²) in [5.41, 5.74) is 0. The number of rotatable bonds is 2. The third kappa shape index (κ3) is 2.81. The summed E-state index contributed by atoms with van der Waals surface area (Å²) < 4.78 is 39.6. The second-order valence-electron chi connectivity index (χ2n) is 4.05. The smallest absolute Gasteiger partial charge is 0.326 e. The van der Waals surface area contributed by atoms with Crippen LogP contribution in [0.1, 0.15) is 0 Å². The molecule has 0 aliphatic carbocycles. The standard InChI is InChI=1S/C10H13F3N4O/c11-10(12,13)8-6-14-3-5-17(8)9(18)7-16-4-1-2-15-16/h1-2,4,8,14H,3,5-7H2. The molecule has 0 aromatic carbocycles. The quantitative estimate of drug-likeness (QED) is 0.831. The van der Waals surface area contributed by atoms with Crippen molar-refractivity contribution >= 4 is 5.91 Å². The Hall–Kier alpha value is -1.57. The molecular weight excluding hydrogens is 249 g/mol. The highest BCUT2D eigenvalue weighted by atomic mass is 19.4. The van der Waals surface area contributed by atoms with Gasteiger partial charge in [-0.05, 0) is 6.07 Å². The minimum Gasteiger partial charge on any atom is -0.326 e. The van der Waals surface area contributed by atoms with Crippen LogP contribution in [0.4, 0.5) is 13.2 Å². The first-order chi connectivity index (χ1) is 8.48. The van der Waals surface area contributed by atoms with Gasteiger partial charge in [0.05, 0.1) is 0 Å². The van der Waals surface area contributed by atoms with E-state index < -0.39 is 18.1 Å². The topological polar surface area (TPSA) is 50.2 Å². The van der Waals surface area contributed by atoms with Gasteiger partial charge in [-0.3, -0.25) is 9.48 Å². The van der Waals surface area contributed by atoms with Crippen LogP contribution < -0.4 is 5.32 Å². The fourth-order valence-electron chi connectivity index (χ4n) is 1.92. The molecule has 0 saturated carbocycles. The zero-order chi connectivity index (χ0) is 13.2. The summed E-state index contributed by atoms with van der Waals surface area (Å²) in [6, 6.07) is -0.138. The summed E-state index contributed by atoms with van der Waals surface area (Å²) in [6.07, 6.45) is -1.39. The Balaban J connectivity index is 2.06. The van der Waals surface area contributed by atoms with Crippen LogP contribution in [-0.4, -0.2) is 52.4 Å². The van der Waals surface area contributed by atoms with E-state index in [0.717, 1.165) is 4.90 Å². The normalized spacial score (nSPS) is 21.1. The van der Waals surface area contributed by atoms with Crippen molar-refractivity contribution in [2.45, 2.75) is 18.8 Å². The molecule has 0 bridgehead atoms. The highest BCUT2D eigenvalue weighted by Gasteiger charge is 2.46. The maximum atomic E-state index is 12.8. The largest absolute Gasteiger partial charge is 0.410 e. The third-order valence-electron chi connectivity index (χ3n) is 2.80. The molecule has 1 atom stereocenters. The van der Waals surface area contributed by atoms with E-state index in [2.05, 4.69) is 10.4 Å². The number of hydrogen-bond donors (Lipinski definition) is 1. The van der Waals surface area contributed by atoms with Crippen LogP contribution in [0.3, 0.4) is 0 Å². The maximum Gasteiger partial charge on any atom is 0.410 e. The van der Waals surface area contributed by atoms with Crippen LogP contribution in [0.25, 0.3) is 0 Å². The van der Waals surface area contributed by atoms with Crippen LogP contribution in [0.5, 0.6) is 0 Å². The van der Waals surface area contributed by atoms with E-state index in [-0.39, 0.29) is 19.6 Å². The summed E-state index contributed by atoms with van der Waals surface area (Å²) in [5.74, 6) is -0.567. The van der Waals surface area contributed by atoms with Crippen LogP contribution >= 0.6 is 0 Å². The van der Waals surface area contributed by atoms with E-state index >= 15 is 0 Å². The predicted molar refractivity (Wildman–Crippen MR) is 56.7 cm³/mol. The first-order valence-corrected chi connectivity index (χ1v) is 5.53. The Labute approximate surface area is 102 Å². The average Bonchev–Trinajstić information content (AvgIpc) is 2.80. The number of carbonyl (C=O) groups is 1. The highest BCUT2D eigenvalue weighted by molar-refractivity contribution is 5.76. The minimum atomic E-state index is -4.41. The molecule has 18 heavy (non-hydrogen) atoms. The maximum absolute atomic E-state index is 12.8.